The van der Waals surface area contributed by atoms with Gasteiger partial charge in [0.1, 0.15) is 6.04 Å². The Morgan fingerprint density at radius 2 is 1.82 bits per heavy atom. The predicted octanol–water partition coefficient (Wildman–Crippen LogP) is -0.587. The Bertz CT molecular complexity index is 126. The van der Waals surface area contributed by atoms with Gasteiger partial charge < -0.3 is 15.7 Å². The average Bonchev–Trinajstić information content (AvgIpc) is 1.49. The van der Waals surface area contributed by atoms with E-state index in [4.69, 9.17) is 5.11 Å². The fourth-order valence-corrected chi connectivity index (χ4v) is 0.676. The van der Waals surface area contributed by atoms with Crippen LogP contribution in [0.1, 0.15) is 12.8 Å². The topological polar surface area (TPSA) is 61.4 Å². The molecule has 1 atom stereocenters. The highest BCUT2D eigenvalue weighted by molar-refractivity contribution is 5.74. The summed E-state index contributed by atoms with van der Waals surface area (Å²) >= 11 is 0. The molecule has 2 heterocycles. The number of carboxylic acid groups (broad SMARTS) is 1. The van der Waals surface area contributed by atoms with Crippen LogP contribution in [0.5, 0.6) is 0 Å². The standard InChI is InChI=1S/C4H7NO2.C3H7N/c6-4(7)3-1-2-5-3;1-2-4-3-1/h3,5H,1-2H2,(H,6,7);4H,1-3H2. The first-order chi connectivity index (χ1) is 5.30. The number of carbonyl (C=O) groups is 1. The van der Waals surface area contributed by atoms with Crippen LogP contribution in [0.15, 0.2) is 0 Å². The van der Waals surface area contributed by atoms with Crippen LogP contribution in [0.25, 0.3) is 0 Å². The molecule has 0 spiro atoms. The van der Waals surface area contributed by atoms with Crippen molar-refractivity contribution in [2.75, 3.05) is 19.6 Å². The molecule has 0 amide bonds. The molecule has 64 valence electrons. The number of hydrogen-bond acceptors (Lipinski definition) is 3. The summed E-state index contributed by atoms with van der Waals surface area (Å²) in [7, 11) is 0. The Labute approximate surface area is 66.0 Å². The molecule has 4 heteroatoms. The van der Waals surface area contributed by atoms with E-state index in [9.17, 15) is 4.79 Å². The van der Waals surface area contributed by atoms with E-state index in [1.807, 2.05) is 0 Å². The third-order valence-corrected chi connectivity index (χ3v) is 1.83. The molecule has 3 N–H and O–H groups in total. The molecule has 11 heavy (non-hydrogen) atoms. The van der Waals surface area contributed by atoms with Crippen molar-refractivity contribution in [2.45, 2.75) is 18.9 Å². The van der Waals surface area contributed by atoms with E-state index >= 15 is 0 Å². The number of hydrogen-bond donors (Lipinski definition) is 3. The normalized spacial score (nSPS) is 27.1. The Hall–Kier alpha value is -0.610. The van der Waals surface area contributed by atoms with E-state index < -0.39 is 5.97 Å². The van der Waals surface area contributed by atoms with Gasteiger partial charge in [0.25, 0.3) is 0 Å². The molecule has 0 aliphatic carbocycles. The fourth-order valence-electron chi connectivity index (χ4n) is 0.676. The van der Waals surface area contributed by atoms with Crippen molar-refractivity contribution in [3.05, 3.63) is 0 Å². The Kier molecular flexibility index (Phi) is 3.32. The molecule has 0 aromatic rings. The van der Waals surface area contributed by atoms with Crippen LogP contribution in [-0.2, 0) is 4.79 Å². The van der Waals surface area contributed by atoms with Crippen LogP contribution < -0.4 is 10.6 Å². The monoisotopic (exact) mass is 158 g/mol. The molecule has 2 fully saturated rings. The predicted molar refractivity (Wildman–Crippen MR) is 41.5 cm³/mol. The summed E-state index contributed by atoms with van der Waals surface area (Å²) in [6.07, 6.45) is 2.18. The first-order valence-electron chi connectivity index (χ1n) is 3.97. The lowest BCUT2D eigenvalue weighted by atomic mass is 10.1. The van der Waals surface area contributed by atoms with Crippen molar-refractivity contribution >= 4 is 5.97 Å². The average molecular weight is 158 g/mol. The molecule has 0 bridgehead atoms. The Morgan fingerprint density at radius 3 is 1.82 bits per heavy atom. The van der Waals surface area contributed by atoms with Gasteiger partial charge in [0.05, 0.1) is 0 Å². The number of aliphatic carboxylic acids is 1. The summed E-state index contributed by atoms with van der Waals surface area (Å²) in [4.78, 5) is 9.92. The van der Waals surface area contributed by atoms with Gasteiger partial charge in [-0.1, -0.05) is 0 Å². The number of rotatable bonds is 1. The lowest BCUT2D eigenvalue weighted by molar-refractivity contribution is -0.141. The lowest BCUT2D eigenvalue weighted by Gasteiger charge is -2.22. The minimum atomic E-state index is -0.730. The van der Waals surface area contributed by atoms with Crippen LogP contribution in [0.3, 0.4) is 0 Å². The summed E-state index contributed by atoms with van der Waals surface area (Å²) in [5.41, 5.74) is 0. The van der Waals surface area contributed by atoms with Gasteiger partial charge in [-0.15, -0.1) is 0 Å². The first-order valence-corrected chi connectivity index (χ1v) is 3.97. The van der Waals surface area contributed by atoms with Crippen LogP contribution in [0, 0.1) is 0 Å². The van der Waals surface area contributed by atoms with E-state index in [-0.39, 0.29) is 6.04 Å². The quantitative estimate of drug-likeness (QED) is 0.477. The van der Waals surface area contributed by atoms with Crippen LogP contribution >= 0.6 is 0 Å². The van der Waals surface area contributed by atoms with Gasteiger partial charge in [-0.25, -0.2) is 0 Å². The van der Waals surface area contributed by atoms with E-state index in [2.05, 4.69) is 10.6 Å². The SMILES string of the molecule is C1CNC1.O=C(O)C1CCN1. The fraction of sp³-hybridized carbons (Fsp3) is 0.857. The molecular formula is C7H14N2O2. The molecule has 4 nitrogen and oxygen atoms in total. The van der Waals surface area contributed by atoms with Crippen molar-refractivity contribution in [3.8, 4) is 0 Å². The van der Waals surface area contributed by atoms with Crippen LogP contribution in [0.4, 0.5) is 0 Å². The zero-order valence-corrected chi connectivity index (χ0v) is 6.47. The van der Waals surface area contributed by atoms with Gasteiger partial charge in [0.2, 0.25) is 0 Å². The summed E-state index contributed by atoms with van der Waals surface area (Å²) in [5, 5.41) is 14.0. The highest BCUT2D eigenvalue weighted by atomic mass is 16.4. The van der Waals surface area contributed by atoms with Gasteiger partial charge in [-0.3, -0.25) is 4.79 Å². The van der Waals surface area contributed by atoms with Crippen molar-refractivity contribution in [2.24, 2.45) is 0 Å². The molecule has 0 aromatic carbocycles. The van der Waals surface area contributed by atoms with E-state index in [1.54, 1.807) is 0 Å². The van der Waals surface area contributed by atoms with Gasteiger partial charge in [-0.2, -0.15) is 0 Å². The molecule has 2 saturated heterocycles. The largest absolute Gasteiger partial charge is 0.480 e. The summed E-state index contributed by atoms with van der Waals surface area (Å²) in [6, 6.07) is -0.250. The summed E-state index contributed by atoms with van der Waals surface area (Å²) in [5.74, 6) is -0.730. The minimum Gasteiger partial charge on any atom is -0.480 e. The second-order valence-corrected chi connectivity index (χ2v) is 2.74. The highest BCUT2D eigenvalue weighted by Gasteiger charge is 2.22. The molecule has 0 saturated carbocycles. The zero-order chi connectivity index (χ0) is 8.10. The zero-order valence-electron chi connectivity index (χ0n) is 6.47. The molecule has 2 aliphatic rings. The van der Waals surface area contributed by atoms with Gasteiger partial charge in [-0.05, 0) is 32.5 Å². The number of nitrogens with one attached hydrogen (secondary N) is 2. The summed E-state index contributed by atoms with van der Waals surface area (Å²) in [6.45, 7) is 3.36. The number of carboxylic acids is 1. The van der Waals surface area contributed by atoms with Gasteiger partial charge in [0, 0.05) is 0 Å². The van der Waals surface area contributed by atoms with Gasteiger partial charge >= 0.3 is 5.97 Å². The first kappa shape index (κ1) is 8.49. The Balaban J connectivity index is 0.000000128. The molecule has 0 radical (unpaired) electrons. The second-order valence-electron chi connectivity index (χ2n) is 2.74. The maximum absolute atomic E-state index is 9.92. The van der Waals surface area contributed by atoms with Crippen LogP contribution in [-0.4, -0.2) is 36.8 Å². The van der Waals surface area contributed by atoms with E-state index in [1.165, 1.54) is 19.5 Å². The maximum Gasteiger partial charge on any atom is 0.320 e. The summed E-state index contributed by atoms with van der Waals surface area (Å²) < 4.78 is 0. The Morgan fingerprint density at radius 1 is 1.36 bits per heavy atom. The van der Waals surface area contributed by atoms with E-state index in [0.29, 0.717) is 0 Å². The smallest absolute Gasteiger partial charge is 0.320 e. The van der Waals surface area contributed by atoms with Crippen molar-refractivity contribution in [3.63, 3.8) is 0 Å². The lowest BCUT2D eigenvalue weighted by Crippen LogP contribution is -2.48. The van der Waals surface area contributed by atoms with Crippen molar-refractivity contribution in [1.82, 2.24) is 10.6 Å². The van der Waals surface area contributed by atoms with Crippen molar-refractivity contribution in [1.29, 1.82) is 0 Å². The molecule has 1 unspecified atom stereocenters. The third-order valence-electron chi connectivity index (χ3n) is 1.83. The third kappa shape index (κ3) is 2.86. The molecular weight excluding hydrogens is 144 g/mol. The van der Waals surface area contributed by atoms with E-state index in [0.717, 1.165) is 13.0 Å². The maximum atomic E-state index is 9.92. The second kappa shape index (κ2) is 4.31. The molecule has 2 rings (SSSR count). The van der Waals surface area contributed by atoms with Gasteiger partial charge in [0.15, 0.2) is 0 Å². The highest BCUT2D eigenvalue weighted by Crippen LogP contribution is 1.99. The molecule has 2 aliphatic heterocycles. The minimum absolute atomic E-state index is 0.250. The van der Waals surface area contributed by atoms with Crippen LogP contribution in [0.2, 0.25) is 0 Å². The van der Waals surface area contributed by atoms with Crippen molar-refractivity contribution < 1.29 is 9.90 Å². The molecule has 0 aromatic heterocycles.